The zero-order valence-corrected chi connectivity index (χ0v) is 14.9. The van der Waals surface area contributed by atoms with E-state index >= 15 is 0 Å². The number of hydrogen-bond acceptors (Lipinski definition) is 4. The Labute approximate surface area is 147 Å². The Morgan fingerprint density at radius 3 is 2.21 bits per heavy atom. The van der Waals surface area contributed by atoms with E-state index in [1.54, 1.807) is 12.1 Å². The zero-order chi connectivity index (χ0) is 17.5. The van der Waals surface area contributed by atoms with E-state index in [-0.39, 0.29) is 24.0 Å². The quantitative estimate of drug-likeness (QED) is 0.853. The summed E-state index contributed by atoms with van der Waals surface area (Å²) in [6.45, 7) is 1.82. The highest BCUT2D eigenvalue weighted by Crippen LogP contribution is 2.63. The smallest absolute Gasteiger partial charge is 0.182 e. The molecule has 2 aromatic carbocycles. The summed E-state index contributed by atoms with van der Waals surface area (Å²) in [5.74, 6) is -0.311. The molecule has 4 nitrogen and oxygen atoms in total. The van der Waals surface area contributed by atoms with Crippen LogP contribution in [0.15, 0.2) is 53.4 Å². The number of halogens is 1. The van der Waals surface area contributed by atoms with Crippen LogP contribution in [0.25, 0.3) is 0 Å². The fraction of sp³-hybridized carbons (Fsp3) is 0.333. The predicted octanol–water partition coefficient (Wildman–Crippen LogP) is 2.53. The molecule has 0 aliphatic heterocycles. The van der Waals surface area contributed by atoms with Gasteiger partial charge in [-0.2, -0.15) is 0 Å². The minimum absolute atomic E-state index is 0.111. The lowest BCUT2D eigenvalue weighted by Crippen LogP contribution is -2.27. The van der Waals surface area contributed by atoms with Crippen molar-refractivity contribution < 1.29 is 13.5 Å². The van der Waals surface area contributed by atoms with E-state index < -0.39 is 20.5 Å². The van der Waals surface area contributed by atoms with Crippen LogP contribution in [0.2, 0.25) is 5.02 Å². The highest BCUT2D eigenvalue weighted by molar-refractivity contribution is 7.92. The Kier molecular flexibility index (Phi) is 4.47. The number of sulfone groups is 1. The van der Waals surface area contributed by atoms with Crippen molar-refractivity contribution in [2.24, 2.45) is 11.1 Å². The van der Waals surface area contributed by atoms with Gasteiger partial charge >= 0.3 is 0 Å². The van der Waals surface area contributed by atoms with Crippen molar-refractivity contribution in [3.05, 3.63) is 64.7 Å². The molecular formula is C18H20ClNO3S. The fourth-order valence-electron chi connectivity index (χ4n) is 3.49. The van der Waals surface area contributed by atoms with Crippen LogP contribution in [0.1, 0.15) is 17.0 Å². The third kappa shape index (κ3) is 2.65. The van der Waals surface area contributed by atoms with Gasteiger partial charge in [0.05, 0.1) is 16.8 Å². The summed E-state index contributed by atoms with van der Waals surface area (Å²) in [5.41, 5.74) is 7.03. The number of rotatable bonds is 5. The minimum atomic E-state index is -3.62. The molecule has 1 fully saturated rings. The molecule has 0 radical (unpaired) electrons. The van der Waals surface area contributed by atoms with Crippen LogP contribution in [-0.2, 0) is 9.84 Å². The molecule has 6 heteroatoms. The van der Waals surface area contributed by atoms with Gasteiger partial charge in [-0.1, -0.05) is 41.4 Å². The molecule has 3 rings (SSSR count). The van der Waals surface area contributed by atoms with Crippen molar-refractivity contribution in [2.75, 3.05) is 13.2 Å². The van der Waals surface area contributed by atoms with Gasteiger partial charge in [-0.05, 0) is 36.8 Å². The monoisotopic (exact) mass is 365 g/mol. The standard InChI is InChI=1S/C18H20ClNO3S/c1-12-2-4-13(5-3-12)16-17(18(16,10-20)11-21)24(22,23)15-8-6-14(19)7-9-15/h2-9,16-17,21H,10-11,20H2,1H3/t16-,17+,18-/m1/s1. The van der Waals surface area contributed by atoms with Crippen LogP contribution in [-0.4, -0.2) is 31.9 Å². The van der Waals surface area contributed by atoms with E-state index in [1.165, 1.54) is 12.1 Å². The average molecular weight is 366 g/mol. The van der Waals surface area contributed by atoms with E-state index in [4.69, 9.17) is 17.3 Å². The fourth-order valence-corrected chi connectivity index (χ4v) is 6.07. The molecule has 0 heterocycles. The van der Waals surface area contributed by atoms with Crippen molar-refractivity contribution in [3.63, 3.8) is 0 Å². The molecule has 0 aromatic heterocycles. The lowest BCUT2D eigenvalue weighted by Gasteiger charge is -2.12. The third-order valence-electron chi connectivity index (χ3n) is 4.97. The number of aliphatic hydroxyl groups is 1. The Bertz CT molecular complexity index is 828. The SMILES string of the molecule is Cc1ccc([C@@H]2[C@H](S(=O)(=O)c3ccc(Cl)cc3)[C@]2(CN)CO)cc1. The molecule has 24 heavy (non-hydrogen) atoms. The second-order valence-electron chi connectivity index (χ2n) is 6.40. The molecule has 1 aliphatic carbocycles. The molecule has 0 unspecified atom stereocenters. The summed E-state index contributed by atoms with van der Waals surface area (Å²) in [5, 5.41) is 9.65. The van der Waals surface area contributed by atoms with Gasteiger partial charge in [0.2, 0.25) is 0 Å². The van der Waals surface area contributed by atoms with Crippen molar-refractivity contribution >= 4 is 21.4 Å². The number of hydrogen-bond donors (Lipinski definition) is 2. The van der Waals surface area contributed by atoms with Crippen LogP contribution >= 0.6 is 11.6 Å². The van der Waals surface area contributed by atoms with Gasteiger partial charge in [0.25, 0.3) is 0 Å². The Balaban J connectivity index is 2.04. The highest BCUT2D eigenvalue weighted by Gasteiger charge is 2.70. The largest absolute Gasteiger partial charge is 0.396 e. The van der Waals surface area contributed by atoms with Gasteiger partial charge < -0.3 is 10.8 Å². The first kappa shape index (κ1) is 17.4. The predicted molar refractivity (Wildman–Crippen MR) is 94.9 cm³/mol. The second-order valence-corrected chi connectivity index (χ2v) is 8.91. The number of nitrogens with two attached hydrogens (primary N) is 1. The van der Waals surface area contributed by atoms with Gasteiger partial charge in [0.15, 0.2) is 9.84 Å². The van der Waals surface area contributed by atoms with Crippen molar-refractivity contribution in [1.82, 2.24) is 0 Å². The Morgan fingerprint density at radius 2 is 1.71 bits per heavy atom. The average Bonchev–Trinajstić information content (AvgIpc) is 3.26. The number of aryl methyl sites for hydroxylation is 1. The summed E-state index contributed by atoms with van der Waals surface area (Å²) in [4.78, 5) is 0.206. The maximum Gasteiger partial charge on any atom is 0.182 e. The number of aliphatic hydroxyl groups excluding tert-OH is 1. The van der Waals surface area contributed by atoms with Crippen molar-refractivity contribution in [2.45, 2.75) is 23.0 Å². The van der Waals surface area contributed by atoms with Crippen molar-refractivity contribution in [1.29, 1.82) is 0 Å². The minimum Gasteiger partial charge on any atom is -0.396 e. The first-order chi connectivity index (χ1) is 11.4. The topological polar surface area (TPSA) is 80.4 Å². The maximum absolute atomic E-state index is 13.1. The summed E-state index contributed by atoms with van der Waals surface area (Å²) in [7, 11) is -3.62. The maximum atomic E-state index is 13.1. The van der Waals surface area contributed by atoms with Gasteiger partial charge in [-0.3, -0.25) is 0 Å². The van der Waals surface area contributed by atoms with Crippen LogP contribution in [0, 0.1) is 12.3 Å². The Morgan fingerprint density at radius 1 is 1.12 bits per heavy atom. The summed E-state index contributed by atoms with van der Waals surface area (Å²) in [6.07, 6.45) is 0. The third-order valence-corrected chi connectivity index (χ3v) is 7.56. The first-order valence-electron chi connectivity index (χ1n) is 7.74. The summed E-state index contributed by atoms with van der Waals surface area (Å²) >= 11 is 5.85. The highest BCUT2D eigenvalue weighted by atomic mass is 35.5. The first-order valence-corrected chi connectivity index (χ1v) is 9.66. The molecular weight excluding hydrogens is 346 g/mol. The molecule has 128 valence electrons. The molecule has 1 saturated carbocycles. The second kappa shape index (κ2) is 6.15. The molecule has 3 N–H and O–H groups in total. The van der Waals surface area contributed by atoms with E-state index in [1.807, 2.05) is 31.2 Å². The Hall–Kier alpha value is -1.40. The van der Waals surface area contributed by atoms with Crippen molar-refractivity contribution in [3.8, 4) is 0 Å². The molecule has 0 saturated heterocycles. The van der Waals surface area contributed by atoms with Gasteiger partial charge in [0, 0.05) is 22.9 Å². The zero-order valence-electron chi connectivity index (χ0n) is 13.3. The van der Waals surface area contributed by atoms with E-state index in [9.17, 15) is 13.5 Å². The molecule has 0 amide bonds. The van der Waals surface area contributed by atoms with Crippen LogP contribution in [0.5, 0.6) is 0 Å². The summed E-state index contributed by atoms with van der Waals surface area (Å²) in [6, 6.07) is 13.8. The molecule has 2 aromatic rings. The number of benzene rings is 2. The van der Waals surface area contributed by atoms with Crippen LogP contribution in [0.3, 0.4) is 0 Å². The lowest BCUT2D eigenvalue weighted by molar-refractivity contribution is 0.212. The van der Waals surface area contributed by atoms with Gasteiger partial charge in [-0.25, -0.2) is 8.42 Å². The lowest BCUT2D eigenvalue weighted by atomic mass is 9.99. The van der Waals surface area contributed by atoms with Gasteiger partial charge in [-0.15, -0.1) is 0 Å². The van der Waals surface area contributed by atoms with Crippen LogP contribution < -0.4 is 5.73 Å². The molecule has 0 spiro atoms. The van der Waals surface area contributed by atoms with Gasteiger partial charge in [0.1, 0.15) is 0 Å². The molecule has 0 bridgehead atoms. The van der Waals surface area contributed by atoms with Crippen LogP contribution in [0.4, 0.5) is 0 Å². The normalized spacial score (nSPS) is 26.3. The van der Waals surface area contributed by atoms with E-state index in [0.29, 0.717) is 5.02 Å². The van der Waals surface area contributed by atoms with E-state index in [0.717, 1.165) is 11.1 Å². The molecule has 1 aliphatic rings. The summed E-state index contributed by atoms with van der Waals surface area (Å²) < 4.78 is 26.2. The molecule has 3 atom stereocenters. The van der Waals surface area contributed by atoms with E-state index in [2.05, 4.69) is 0 Å².